The molecule has 3 aromatic carbocycles. The first-order valence-electron chi connectivity index (χ1n) is 12.6. The van der Waals surface area contributed by atoms with Gasteiger partial charge in [-0.25, -0.2) is 4.79 Å². The second kappa shape index (κ2) is 9.49. The van der Waals surface area contributed by atoms with Gasteiger partial charge in [0.25, 0.3) is 10.1 Å². The molecule has 0 spiro atoms. The van der Waals surface area contributed by atoms with Crippen molar-refractivity contribution in [2.75, 3.05) is 6.61 Å². The Morgan fingerprint density at radius 1 is 0.919 bits per heavy atom. The quantitative estimate of drug-likeness (QED) is 0.253. The molecule has 3 aliphatic rings. The van der Waals surface area contributed by atoms with Crippen molar-refractivity contribution < 1.29 is 26.9 Å². The number of hydrogen-bond donors (Lipinski definition) is 1. The van der Waals surface area contributed by atoms with E-state index in [-0.39, 0.29) is 18.4 Å². The van der Waals surface area contributed by atoms with Gasteiger partial charge in [-0.3, -0.25) is 4.18 Å². The number of carbonyl (C=O) groups is 1. The molecule has 0 amide bonds. The minimum Gasteiger partial charge on any atom is -0.481 e. The Bertz CT molecular complexity index is 1360. The maximum absolute atomic E-state index is 12.7. The highest BCUT2D eigenvalue weighted by Gasteiger charge is 2.65. The molecule has 3 aromatic rings. The van der Waals surface area contributed by atoms with Gasteiger partial charge in [0.2, 0.25) is 0 Å². The standard InChI is InChI=1S/C29H30O6S2/c1-18-13-23(36(21-9-5-3-6-10-21)22-11-7-4-8-12-22)14-19(2)27(18)33-17-26(30)34-28-20-15-24-25(16-20)37(31,32)35-29(24)28/h3-14,20,24-25,28-29,36H,15-17H2,1-2H3. The lowest BCUT2D eigenvalue weighted by Gasteiger charge is -2.26. The van der Waals surface area contributed by atoms with E-state index in [4.69, 9.17) is 13.7 Å². The molecule has 1 heterocycles. The van der Waals surface area contributed by atoms with Crippen molar-refractivity contribution in [3.05, 3.63) is 83.9 Å². The number of aryl methyl sites for hydroxylation is 2. The zero-order chi connectivity index (χ0) is 25.7. The molecule has 194 valence electrons. The van der Waals surface area contributed by atoms with Crippen LogP contribution in [0.25, 0.3) is 0 Å². The van der Waals surface area contributed by atoms with Crippen LogP contribution < -0.4 is 4.74 Å². The second-order valence-corrected chi connectivity index (χ2v) is 14.1. The molecule has 2 saturated carbocycles. The molecule has 0 aromatic heterocycles. The first-order valence-corrected chi connectivity index (χ1v) is 15.4. The minimum atomic E-state index is -3.54. The van der Waals surface area contributed by atoms with Crippen LogP contribution in [0.3, 0.4) is 0 Å². The number of carbonyl (C=O) groups excluding carboxylic acids is 1. The predicted molar refractivity (Wildman–Crippen MR) is 142 cm³/mol. The fourth-order valence-corrected chi connectivity index (χ4v) is 10.6. The summed E-state index contributed by atoms with van der Waals surface area (Å²) in [6, 6.07) is 25.3. The highest BCUT2D eigenvalue weighted by Crippen LogP contribution is 2.55. The first kappa shape index (κ1) is 24.5. The summed E-state index contributed by atoms with van der Waals surface area (Å²) in [5, 5.41) is -0.435. The third-order valence-electron chi connectivity index (χ3n) is 7.75. The summed E-state index contributed by atoms with van der Waals surface area (Å²) in [6.45, 7) is 3.76. The Kier molecular flexibility index (Phi) is 6.29. The van der Waals surface area contributed by atoms with Crippen LogP contribution >= 0.6 is 10.9 Å². The van der Waals surface area contributed by atoms with E-state index >= 15 is 0 Å². The summed E-state index contributed by atoms with van der Waals surface area (Å²) in [5.41, 5.74) is 1.91. The second-order valence-electron chi connectivity index (χ2n) is 10.1. The van der Waals surface area contributed by atoms with Gasteiger partial charge >= 0.3 is 5.97 Å². The zero-order valence-electron chi connectivity index (χ0n) is 20.7. The molecule has 3 fully saturated rings. The van der Waals surface area contributed by atoms with Crippen molar-refractivity contribution in [1.29, 1.82) is 0 Å². The van der Waals surface area contributed by atoms with Gasteiger partial charge in [-0.2, -0.15) is 19.3 Å². The first-order chi connectivity index (χ1) is 17.8. The lowest BCUT2D eigenvalue weighted by atomic mass is 9.94. The molecule has 5 unspecified atom stereocenters. The molecule has 1 saturated heterocycles. The van der Waals surface area contributed by atoms with Crippen molar-refractivity contribution in [2.45, 2.75) is 58.8 Å². The SMILES string of the molecule is Cc1cc([SH](c2ccccc2)c2ccccc2)cc(C)c1OCC(=O)OC1C2CC3C1OS(=O)(=O)C3C2. The predicted octanol–water partition coefficient (Wildman–Crippen LogP) is 5.21. The van der Waals surface area contributed by atoms with Crippen LogP contribution in [0.5, 0.6) is 5.75 Å². The molecule has 0 radical (unpaired) electrons. The van der Waals surface area contributed by atoms with Gasteiger partial charge in [-0.1, -0.05) is 36.4 Å². The molecule has 2 aliphatic carbocycles. The molecular formula is C29H30O6S2. The fourth-order valence-electron chi connectivity index (χ4n) is 6.25. The number of esters is 1. The van der Waals surface area contributed by atoms with E-state index in [1.54, 1.807) is 0 Å². The van der Waals surface area contributed by atoms with E-state index in [0.717, 1.165) is 17.5 Å². The van der Waals surface area contributed by atoms with Crippen LogP contribution in [0.2, 0.25) is 0 Å². The third-order valence-corrected chi connectivity index (χ3v) is 11.9. The molecular weight excluding hydrogens is 508 g/mol. The summed E-state index contributed by atoms with van der Waals surface area (Å²) in [6.07, 6.45) is 0.183. The van der Waals surface area contributed by atoms with E-state index in [1.165, 1.54) is 14.7 Å². The largest absolute Gasteiger partial charge is 0.481 e. The Hall–Kier alpha value is -2.81. The maximum atomic E-state index is 12.7. The monoisotopic (exact) mass is 538 g/mol. The van der Waals surface area contributed by atoms with Crippen molar-refractivity contribution in [1.82, 2.24) is 0 Å². The van der Waals surface area contributed by atoms with E-state index in [9.17, 15) is 13.2 Å². The van der Waals surface area contributed by atoms with Gasteiger partial charge < -0.3 is 9.47 Å². The highest BCUT2D eigenvalue weighted by molar-refractivity contribution is 8.17. The number of thiol groups is 1. The average Bonchev–Trinajstić information content (AvgIpc) is 3.50. The van der Waals surface area contributed by atoms with Crippen LogP contribution in [-0.2, 0) is 23.8 Å². The third kappa shape index (κ3) is 4.45. The molecule has 1 aliphatic heterocycles. The van der Waals surface area contributed by atoms with Crippen molar-refractivity contribution >= 4 is 27.0 Å². The summed E-state index contributed by atoms with van der Waals surface area (Å²) in [7, 11) is -4.29. The smallest absolute Gasteiger partial charge is 0.344 e. The summed E-state index contributed by atoms with van der Waals surface area (Å²) >= 11 is 0. The summed E-state index contributed by atoms with van der Waals surface area (Å²) in [4.78, 5) is 16.5. The Labute approximate surface area is 220 Å². The van der Waals surface area contributed by atoms with Gasteiger partial charge in [0.1, 0.15) is 18.0 Å². The van der Waals surface area contributed by atoms with Crippen molar-refractivity contribution in [3.8, 4) is 5.75 Å². The van der Waals surface area contributed by atoms with E-state index < -0.39 is 44.4 Å². The molecule has 6 rings (SSSR count). The molecule has 8 heteroatoms. The van der Waals surface area contributed by atoms with E-state index in [1.807, 2.05) is 26.0 Å². The normalized spacial score (nSPS) is 27.2. The Balaban J connectivity index is 1.18. The highest BCUT2D eigenvalue weighted by atomic mass is 32.2. The molecule has 0 N–H and O–H groups in total. The molecule has 5 atom stereocenters. The number of benzene rings is 3. The molecule has 2 bridgehead atoms. The van der Waals surface area contributed by atoms with Crippen LogP contribution in [0.4, 0.5) is 0 Å². The fraction of sp³-hybridized carbons (Fsp3) is 0.345. The Morgan fingerprint density at radius 3 is 2.11 bits per heavy atom. The van der Waals surface area contributed by atoms with Gasteiger partial charge in [-0.15, -0.1) is 0 Å². The topological polar surface area (TPSA) is 78.9 Å². The van der Waals surface area contributed by atoms with E-state index in [2.05, 4.69) is 60.7 Å². The van der Waals surface area contributed by atoms with E-state index in [0.29, 0.717) is 12.2 Å². The minimum absolute atomic E-state index is 0.0409. The van der Waals surface area contributed by atoms with Crippen LogP contribution in [0.1, 0.15) is 24.0 Å². The number of rotatable bonds is 7. The van der Waals surface area contributed by atoms with Crippen molar-refractivity contribution in [3.63, 3.8) is 0 Å². The van der Waals surface area contributed by atoms with Crippen LogP contribution in [0, 0.1) is 25.7 Å². The zero-order valence-corrected chi connectivity index (χ0v) is 22.5. The number of hydrogen-bond acceptors (Lipinski definition) is 6. The van der Waals surface area contributed by atoms with Gasteiger partial charge in [0, 0.05) is 11.8 Å². The Morgan fingerprint density at radius 2 is 1.51 bits per heavy atom. The summed E-state index contributed by atoms with van der Waals surface area (Å²) < 4.78 is 41.3. The number of ether oxygens (including phenoxy) is 2. The number of fused-ring (bicyclic) bond motifs is 1. The maximum Gasteiger partial charge on any atom is 0.344 e. The van der Waals surface area contributed by atoms with Crippen LogP contribution in [0.15, 0.2) is 87.5 Å². The van der Waals surface area contributed by atoms with Crippen molar-refractivity contribution in [2.24, 2.45) is 11.8 Å². The van der Waals surface area contributed by atoms with Gasteiger partial charge in [-0.05, 0) is 88.9 Å². The van der Waals surface area contributed by atoms with Gasteiger partial charge in [0.05, 0.1) is 5.25 Å². The molecule has 6 nitrogen and oxygen atoms in total. The summed E-state index contributed by atoms with van der Waals surface area (Å²) in [5.74, 6) is 0.152. The lowest BCUT2D eigenvalue weighted by Crippen LogP contribution is -2.38. The van der Waals surface area contributed by atoms with Crippen LogP contribution in [-0.4, -0.2) is 38.5 Å². The molecule has 37 heavy (non-hydrogen) atoms. The van der Waals surface area contributed by atoms with Gasteiger partial charge in [0.15, 0.2) is 6.61 Å². The lowest BCUT2D eigenvalue weighted by molar-refractivity contribution is -0.158. The average molecular weight is 539 g/mol.